The van der Waals surface area contributed by atoms with Crippen LogP contribution in [0, 0.1) is 0 Å². The van der Waals surface area contributed by atoms with E-state index in [9.17, 15) is 17.8 Å². The second kappa shape index (κ2) is 4.97. The summed E-state index contributed by atoms with van der Waals surface area (Å²) in [5.74, 6) is -1.28. The van der Waals surface area contributed by atoms with Crippen molar-refractivity contribution in [2.45, 2.75) is 27.9 Å². The van der Waals surface area contributed by atoms with E-state index >= 15 is 0 Å². The third-order valence-corrected chi connectivity index (χ3v) is 6.40. The highest BCUT2D eigenvalue weighted by atomic mass is 35.5. The van der Waals surface area contributed by atoms with Gasteiger partial charge in [-0.15, -0.1) is 0 Å². The first-order valence-electron chi connectivity index (χ1n) is 5.40. The monoisotopic (exact) mass is 322 g/mol. The minimum atomic E-state index is -3.62. The second-order valence-electron chi connectivity index (χ2n) is 4.33. The standard InChI is InChI=1S/C11H11ClO5S2/c1-19(16,17)8-5-4-7(11(13)14)9(12)10(8)18(15)6-2-3-6/h4-6H,2-3H2,1H3,(H,13,14). The molecule has 5 nitrogen and oxygen atoms in total. The van der Waals surface area contributed by atoms with Gasteiger partial charge in [0, 0.05) is 19.1 Å². The number of carboxylic acids is 1. The molecule has 0 heterocycles. The zero-order valence-electron chi connectivity index (χ0n) is 9.92. The van der Waals surface area contributed by atoms with Gasteiger partial charge < -0.3 is 9.66 Å². The number of carbonyl (C=O) groups is 1. The molecule has 0 aromatic heterocycles. The molecule has 0 aliphatic heterocycles. The van der Waals surface area contributed by atoms with Gasteiger partial charge >= 0.3 is 5.97 Å². The van der Waals surface area contributed by atoms with Gasteiger partial charge in [-0.05, 0) is 23.3 Å². The lowest BCUT2D eigenvalue weighted by Crippen LogP contribution is -2.15. The molecule has 1 unspecified atom stereocenters. The second-order valence-corrected chi connectivity index (χ2v) is 8.36. The maximum absolute atomic E-state index is 12.2. The van der Waals surface area contributed by atoms with Crippen molar-refractivity contribution in [3.63, 3.8) is 0 Å². The molecule has 1 fully saturated rings. The van der Waals surface area contributed by atoms with Crippen molar-refractivity contribution >= 4 is 38.6 Å². The predicted molar refractivity (Wildman–Crippen MR) is 71.0 cm³/mol. The van der Waals surface area contributed by atoms with Gasteiger partial charge in [0.15, 0.2) is 14.7 Å². The van der Waals surface area contributed by atoms with Crippen molar-refractivity contribution in [2.75, 3.05) is 6.26 Å². The molecule has 1 aliphatic carbocycles. The molecule has 1 atom stereocenters. The van der Waals surface area contributed by atoms with Gasteiger partial charge in [-0.2, -0.15) is 0 Å². The number of hydrogen-bond acceptors (Lipinski definition) is 4. The highest BCUT2D eigenvalue weighted by molar-refractivity contribution is 7.94. The van der Waals surface area contributed by atoms with Crippen molar-refractivity contribution in [1.29, 1.82) is 0 Å². The SMILES string of the molecule is CS(=O)(=O)c1ccc(C(=O)O)c(Cl)c1[S+]([O-])C1CC1. The predicted octanol–water partition coefficient (Wildman–Crippen LogP) is 1.71. The summed E-state index contributed by atoms with van der Waals surface area (Å²) in [4.78, 5) is 10.8. The Morgan fingerprint density at radius 1 is 1.47 bits per heavy atom. The van der Waals surface area contributed by atoms with Crippen molar-refractivity contribution in [3.8, 4) is 0 Å². The first-order valence-corrected chi connectivity index (χ1v) is 8.88. The van der Waals surface area contributed by atoms with E-state index in [0.717, 1.165) is 31.2 Å². The lowest BCUT2D eigenvalue weighted by Gasteiger charge is -2.15. The largest absolute Gasteiger partial charge is 0.611 e. The van der Waals surface area contributed by atoms with E-state index in [2.05, 4.69) is 0 Å². The molecule has 0 radical (unpaired) electrons. The Balaban J connectivity index is 2.69. The molecule has 19 heavy (non-hydrogen) atoms. The van der Waals surface area contributed by atoms with Crippen LogP contribution >= 0.6 is 11.6 Å². The fraction of sp³-hybridized carbons (Fsp3) is 0.364. The maximum atomic E-state index is 12.2. The van der Waals surface area contributed by atoms with Gasteiger partial charge in [0.2, 0.25) is 0 Å². The summed E-state index contributed by atoms with van der Waals surface area (Å²) in [6.45, 7) is 0. The van der Waals surface area contributed by atoms with Crippen molar-refractivity contribution in [3.05, 3.63) is 22.7 Å². The van der Waals surface area contributed by atoms with Crippen LogP contribution in [0.25, 0.3) is 0 Å². The molecule has 1 N–H and O–H groups in total. The van der Waals surface area contributed by atoms with Crippen LogP contribution < -0.4 is 0 Å². The Morgan fingerprint density at radius 3 is 2.47 bits per heavy atom. The van der Waals surface area contributed by atoms with E-state index < -0.39 is 27.0 Å². The minimum absolute atomic E-state index is 0.0773. The van der Waals surface area contributed by atoms with E-state index in [1.165, 1.54) is 0 Å². The number of halogens is 1. The quantitative estimate of drug-likeness (QED) is 0.851. The molecule has 0 amide bonds. The molecule has 2 rings (SSSR count). The van der Waals surface area contributed by atoms with Crippen LogP contribution in [0.3, 0.4) is 0 Å². The number of sulfone groups is 1. The molecule has 0 bridgehead atoms. The Hall–Kier alpha value is -0.760. The first kappa shape index (κ1) is 14.6. The molecule has 1 aliphatic rings. The molecule has 104 valence electrons. The topological polar surface area (TPSA) is 94.5 Å². The lowest BCUT2D eigenvalue weighted by atomic mass is 10.2. The van der Waals surface area contributed by atoms with Crippen LogP contribution in [0.4, 0.5) is 0 Å². The number of carboxylic acid groups (broad SMARTS) is 1. The Bertz CT molecular complexity index is 637. The Kier molecular flexibility index (Phi) is 3.83. The van der Waals surface area contributed by atoms with Gasteiger partial charge in [0.25, 0.3) is 0 Å². The van der Waals surface area contributed by atoms with Crippen LogP contribution in [0.2, 0.25) is 5.02 Å². The summed E-state index contributed by atoms with van der Waals surface area (Å²) >= 11 is 4.35. The van der Waals surface area contributed by atoms with Crippen LogP contribution in [0.5, 0.6) is 0 Å². The van der Waals surface area contributed by atoms with Crippen molar-refractivity contribution < 1.29 is 22.9 Å². The average Bonchev–Trinajstić information content (AvgIpc) is 3.09. The summed E-state index contributed by atoms with van der Waals surface area (Å²) in [7, 11) is -3.62. The highest BCUT2D eigenvalue weighted by Crippen LogP contribution is 2.40. The van der Waals surface area contributed by atoms with E-state index in [4.69, 9.17) is 16.7 Å². The van der Waals surface area contributed by atoms with E-state index in [0.29, 0.717) is 0 Å². The summed E-state index contributed by atoms with van der Waals surface area (Å²) in [5, 5.41) is 8.60. The maximum Gasteiger partial charge on any atom is 0.337 e. The third-order valence-electron chi connectivity index (χ3n) is 2.72. The fourth-order valence-electron chi connectivity index (χ4n) is 1.63. The number of rotatable bonds is 4. The Labute approximate surface area is 118 Å². The van der Waals surface area contributed by atoms with E-state index in [1.807, 2.05) is 0 Å². The first-order chi connectivity index (χ1) is 8.73. The molecule has 1 saturated carbocycles. The van der Waals surface area contributed by atoms with Gasteiger partial charge in [-0.25, -0.2) is 13.2 Å². The molecular weight excluding hydrogens is 312 g/mol. The molecule has 1 aromatic rings. The van der Waals surface area contributed by atoms with Gasteiger partial charge in [-0.1, -0.05) is 11.6 Å². The number of hydrogen-bond donors (Lipinski definition) is 1. The molecule has 1 aromatic carbocycles. The molecule has 0 saturated heterocycles. The van der Waals surface area contributed by atoms with Gasteiger partial charge in [0.05, 0.1) is 5.56 Å². The van der Waals surface area contributed by atoms with Gasteiger partial charge in [0.1, 0.15) is 15.2 Å². The number of aromatic carboxylic acids is 1. The summed E-state index contributed by atoms with van der Waals surface area (Å²) in [6, 6.07) is 2.27. The molecule has 8 heteroatoms. The average molecular weight is 323 g/mol. The fourth-order valence-corrected chi connectivity index (χ4v) is 5.07. The smallest absolute Gasteiger partial charge is 0.337 e. The van der Waals surface area contributed by atoms with Crippen molar-refractivity contribution in [1.82, 2.24) is 0 Å². The third kappa shape index (κ3) is 2.89. The molecule has 0 spiro atoms. The van der Waals surface area contributed by atoms with Gasteiger partial charge in [-0.3, -0.25) is 0 Å². The van der Waals surface area contributed by atoms with E-state index in [-0.39, 0.29) is 25.6 Å². The Morgan fingerprint density at radius 2 is 2.05 bits per heavy atom. The van der Waals surface area contributed by atoms with Crippen LogP contribution in [0.15, 0.2) is 21.9 Å². The normalized spacial score (nSPS) is 17.2. The molecular formula is C11H11ClO5S2. The highest BCUT2D eigenvalue weighted by Gasteiger charge is 2.40. The zero-order chi connectivity index (χ0) is 14.4. The minimum Gasteiger partial charge on any atom is -0.611 e. The van der Waals surface area contributed by atoms with Crippen LogP contribution in [-0.4, -0.2) is 35.6 Å². The summed E-state index contributed by atoms with van der Waals surface area (Å²) < 4.78 is 35.6. The summed E-state index contributed by atoms with van der Waals surface area (Å²) in [5.41, 5.74) is -0.238. The van der Waals surface area contributed by atoms with Crippen LogP contribution in [-0.2, 0) is 21.0 Å². The summed E-state index contributed by atoms with van der Waals surface area (Å²) in [6.07, 6.45) is 2.43. The van der Waals surface area contributed by atoms with E-state index in [1.54, 1.807) is 0 Å². The van der Waals surface area contributed by atoms with Crippen molar-refractivity contribution in [2.24, 2.45) is 0 Å². The zero-order valence-corrected chi connectivity index (χ0v) is 12.3. The van der Waals surface area contributed by atoms with Crippen LogP contribution in [0.1, 0.15) is 23.2 Å². The number of benzene rings is 1. The lowest BCUT2D eigenvalue weighted by molar-refractivity contribution is 0.0696.